The summed E-state index contributed by atoms with van der Waals surface area (Å²) in [5.74, 6) is 1.90. The van der Waals surface area contributed by atoms with E-state index in [-0.39, 0.29) is 23.5 Å². The molecule has 1 aliphatic heterocycles. The molecule has 0 aliphatic carbocycles. The third kappa shape index (κ3) is 2.41. The van der Waals surface area contributed by atoms with Crippen LogP contribution in [0, 0.1) is 0 Å². The second-order valence-corrected chi connectivity index (χ2v) is 4.58. The van der Waals surface area contributed by atoms with E-state index in [1.807, 2.05) is 11.8 Å². The molecular formula is C8H12N4O2S. The lowest BCUT2D eigenvalue weighted by Gasteiger charge is -2.21. The number of nitrogen functional groups attached to an aromatic ring is 1. The molecule has 1 aliphatic rings. The lowest BCUT2D eigenvalue weighted by atomic mass is 10.1. The minimum Gasteiger partial charge on any atom is -0.379 e. The molecule has 1 fully saturated rings. The molecule has 6 nitrogen and oxygen atoms in total. The van der Waals surface area contributed by atoms with E-state index in [2.05, 4.69) is 20.3 Å². The third-order valence-corrected chi connectivity index (χ3v) is 3.33. The molecule has 1 aromatic heterocycles. The normalized spacial score (nSPS) is 17.6. The average molecular weight is 228 g/mol. The van der Waals surface area contributed by atoms with Crippen molar-refractivity contribution in [2.24, 2.45) is 0 Å². The minimum atomic E-state index is -0.300. The maximum atomic E-state index is 11.6. The highest BCUT2D eigenvalue weighted by Crippen LogP contribution is 2.17. The highest BCUT2D eigenvalue weighted by atomic mass is 32.2. The summed E-state index contributed by atoms with van der Waals surface area (Å²) in [6.45, 7) is 0. The highest BCUT2D eigenvalue weighted by Gasteiger charge is 2.21. The number of nitrogens with two attached hydrogens (primary N) is 1. The fourth-order valence-corrected chi connectivity index (χ4v) is 2.56. The molecule has 7 heteroatoms. The van der Waals surface area contributed by atoms with Crippen LogP contribution in [0.3, 0.4) is 0 Å². The molecule has 3 N–H and O–H groups in total. The van der Waals surface area contributed by atoms with Crippen molar-refractivity contribution in [2.75, 3.05) is 17.2 Å². The van der Waals surface area contributed by atoms with Gasteiger partial charge in [0.2, 0.25) is 11.5 Å². The number of nitrogens with one attached hydrogen (secondary N) is 1. The fraction of sp³-hybridized carbons (Fsp3) is 0.625. The zero-order chi connectivity index (χ0) is 10.7. The molecule has 2 heterocycles. The van der Waals surface area contributed by atoms with Gasteiger partial charge in [0.15, 0.2) is 0 Å². The quantitative estimate of drug-likeness (QED) is 0.755. The lowest BCUT2D eigenvalue weighted by Crippen LogP contribution is -2.37. The number of hydrogen-bond acceptors (Lipinski definition) is 6. The molecule has 0 spiro atoms. The van der Waals surface area contributed by atoms with Crippen LogP contribution < -0.4 is 11.1 Å². The number of amides is 1. The van der Waals surface area contributed by atoms with Crippen molar-refractivity contribution in [3.63, 3.8) is 0 Å². The van der Waals surface area contributed by atoms with Gasteiger partial charge in [0.1, 0.15) is 0 Å². The Labute approximate surface area is 90.9 Å². The zero-order valence-corrected chi connectivity index (χ0v) is 8.92. The first-order valence-corrected chi connectivity index (χ1v) is 5.89. The van der Waals surface area contributed by atoms with E-state index in [1.165, 1.54) is 0 Å². The van der Waals surface area contributed by atoms with E-state index in [0.29, 0.717) is 0 Å². The Morgan fingerprint density at radius 1 is 1.47 bits per heavy atom. The van der Waals surface area contributed by atoms with Crippen LogP contribution >= 0.6 is 11.8 Å². The SMILES string of the molecule is Nc1nonc1C(=O)NC1CCSCC1. The molecule has 0 bridgehead atoms. The Morgan fingerprint density at radius 2 is 2.20 bits per heavy atom. The first-order valence-electron chi connectivity index (χ1n) is 4.74. The Morgan fingerprint density at radius 3 is 2.80 bits per heavy atom. The number of nitrogens with zero attached hydrogens (tertiary/aromatic N) is 2. The Bertz CT molecular complexity index is 348. The lowest BCUT2D eigenvalue weighted by molar-refractivity contribution is 0.0925. The van der Waals surface area contributed by atoms with E-state index in [1.54, 1.807) is 0 Å². The molecule has 0 aromatic carbocycles. The van der Waals surface area contributed by atoms with Crippen molar-refractivity contribution >= 4 is 23.5 Å². The first kappa shape index (κ1) is 10.3. The molecule has 1 aromatic rings. The second-order valence-electron chi connectivity index (χ2n) is 3.36. The van der Waals surface area contributed by atoms with Gasteiger partial charge in [0.25, 0.3) is 5.91 Å². The van der Waals surface area contributed by atoms with Crippen molar-refractivity contribution in [3.05, 3.63) is 5.69 Å². The van der Waals surface area contributed by atoms with Crippen LogP contribution in [-0.2, 0) is 0 Å². The molecule has 0 unspecified atom stereocenters. The summed E-state index contributed by atoms with van der Waals surface area (Å²) in [4.78, 5) is 11.6. The number of carbonyl (C=O) groups excluding carboxylic acids is 1. The summed E-state index contributed by atoms with van der Waals surface area (Å²) in [5.41, 5.74) is 5.49. The molecule has 0 saturated carbocycles. The van der Waals surface area contributed by atoms with Crippen molar-refractivity contribution in [3.8, 4) is 0 Å². The second kappa shape index (κ2) is 4.52. The maximum absolute atomic E-state index is 11.6. The average Bonchev–Trinajstić information content (AvgIpc) is 2.66. The summed E-state index contributed by atoms with van der Waals surface area (Å²) >= 11 is 1.90. The van der Waals surface area contributed by atoms with E-state index < -0.39 is 0 Å². The summed E-state index contributed by atoms with van der Waals surface area (Å²) in [6.07, 6.45) is 1.98. The molecule has 1 amide bonds. The predicted octanol–water partition coefficient (Wildman–Crippen LogP) is 0.277. The van der Waals surface area contributed by atoms with E-state index >= 15 is 0 Å². The van der Waals surface area contributed by atoms with Gasteiger partial charge < -0.3 is 11.1 Å². The van der Waals surface area contributed by atoms with Crippen LogP contribution in [-0.4, -0.2) is 33.8 Å². The van der Waals surface area contributed by atoms with E-state index in [4.69, 9.17) is 5.73 Å². The predicted molar refractivity (Wildman–Crippen MR) is 56.5 cm³/mol. The summed E-state index contributed by atoms with van der Waals surface area (Å²) in [6, 6.07) is 0.217. The van der Waals surface area contributed by atoms with Gasteiger partial charge in [-0.2, -0.15) is 11.8 Å². The topological polar surface area (TPSA) is 94.0 Å². The number of hydrogen-bond donors (Lipinski definition) is 2. The van der Waals surface area contributed by atoms with Gasteiger partial charge in [0, 0.05) is 6.04 Å². The molecular weight excluding hydrogens is 216 g/mol. The number of carbonyl (C=O) groups is 1. The van der Waals surface area contributed by atoms with Crippen molar-refractivity contribution in [2.45, 2.75) is 18.9 Å². The van der Waals surface area contributed by atoms with Crippen LogP contribution in [0.2, 0.25) is 0 Å². The molecule has 82 valence electrons. The van der Waals surface area contributed by atoms with Crippen LogP contribution in [0.4, 0.5) is 5.82 Å². The maximum Gasteiger partial charge on any atom is 0.277 e. The van der Waals surface area contributed by atoms with Crippen LogP contribution in [0.25, 0.3) is 0 Å². The molecule has 0 radical (unpaired) electrons. The van der Waals surface area contributed by atoms with Crippen LogP contribution in [0.1, 0.15) is 23.3 Å². The summed E-state index contributed by atoms with van der Waals surface area (Å²) in [7, 11) is 0. The molecule has 15 heavy (non-hydrogen) atoms. The van der Waals surface area contributed by atoms with Gasteiger partial charge in [-0.05, 0) is 34.7 Å². The smallest absolute Gasteiger partial charge is 0.277 e. The van der Waals surface area contributed by atoms with Gasteiger partial charge in [-0.15, -0.1) is 0 Å². The van der Waals surface area contributed by atoms with Crippen LogP contribution in [0.15, 0.2) is 4.63 Å². The standard InChI is InChI=1S/C8H12N4O2S/c9-7-6(11-14-12-7)8(13)10-5-1-3-15-4-2-5/h5H,1-4H2,(H2,9,12)(H,10,13). The molecule has 2 rings (SSSR count). The van der Waals surface area contributed by atoms with Gasteiger partial charge in [-0.1, -0.05) is 0 Å². The number of rotatable bonds is 2. The monoisotopic (exact) mass is 228 g/mol. The molecule has 1 saturated heterocycles. The summed E-state index contributed by atoms with van der Waals surface area (Å²) < 4.78 is 4.37. The fourth-order valence-electron chi connectivity index (χ4n) is 1.45. The van der Waals surface area contributed by atoms with Crippen molar-refractivity contribution in [1.82, 2.24) is 15.6 Å². The molecule has 0 atom stereocenters. The first-order chi connectivity index (χ1) is 7.27. The van der Waals surface area contributed by atoms with Gasteiger partial charge in [-0.3, -0.25) is 4.79 Å². The van der Waals surface area contributed by atoms with E-state index in [0.717, 1.165) is 24.3 Å². The van der Waals surface area contributed by atoms with Gasteiger partial charge >= 0.3 is 0 Å². The van der Waals surface area contributed by atoms with Gasteiger partial charge in [0.05, 0.1) is 0 Å². The Balaban J connectivity index is 1.94. The van der Waals surface area contributed by atoms with E-state index in [9.17, 15) is 4.79 Å². The minimum absolute atomic E-state index is 0.0395. The summed E-state index contributed by atoms with van der Waals surface area (Å²) in [5, 5.41) is 9.68. The van der Waals surface area contributed by atoms with Crippen molar-refractivity contribution < 1.29 is 9.42 Å². The zero-order valence-electron chi connectivity index (χ0n) is 8.10. The number of thioether (sulfide) groups is 1. The Hall–Kier alpha value is -1.24. The highest BCUT2D eigenvalue weighted by molar-refractivity contribution is 7.99. The number of aromatic nitrogens is 2. The third-order valence-electron chi connectivity index (χ3n) is 2.29. The number of anilines is 1. The Kier molecular flexibility index (Phi) is 3.10. The van der Waals surface area contributed by atoms with Crippen molar-refractivity contribution in [1.29, 1.82) is 0 Å². The largest absolute Gasteiger partial charge is 0.379 e. The van der Waals surface area contributed by atoms with Gasteiger partial charge in [-0.25, -0.2) is 4.63 Å². The van der Waals surface area contributed by atoms with Crippen LogP contribution in [0.5, 0.6) is 0 Å².